The van der Waals surface area contributed by atoms with Crippen LogP contribution in [0.5, 0.6) is 0 Å². The predicted molar refractivity (Wildman–Crippen MR) is 99.0 cm³/mol. The van der Waals surface area contributed by atoms with Gasteiger partial charge in [0.05, 0.1) is 12.6 Å². The molecule has 0 heterocycles. The van der Waals surface area contributed by atoms with Crippen molar-refractivity contribution in [3.05, 3.63) is 59.7 Å². The van der Waals surface area contributed by atoms with Gasteiger partial charge in [0.15, 0.2) is 0 Å². The van der Waals surface area contributed by atoms with Crippen molar-refractivity contribution >= 4 is 11.9 Å². The molecule has 0 bridgehead atoms. The van der Waals surface area contributed by atoms with E-state index in [9.17, 15) is 14.7 Å². The van der Waals surface area contributed by atoms with Crippen molar-refractivity contribution in [2.24, 2.45) is 0 Å². The number of aliphatic hydroxyl groups excluding tert-OH is 1. The molecule has 1 aliphatic carbocycles. The minimum Gasteiger partial charge on any atom is -0.449 e. The van der Waals surface area contributed by atoms with Gasteiger partial charge >= 0.3 is 6.09 Å². The van der Waals surface area contributed by atoms with E-state index in [4.69, 9.17) is 4.74 Å². The fraction of sp³-hybridized carbons (Fsp3) is 0.333. The number of Topliss-reactive ketones (excluding diaryl/α,β-unsaturated/α-hetero) is 1. The molecular weight excluding hydrogens is 330 g/mol. The van der Waals surface area contributed by atoms with Crippen LogP contribution in [0.4, 0.5) is 4.79 Å². The third-order valence-corrected chi connectivity index (χ3v) is 4.73. The van der Waals surface area contributed by atoms with E-state index < -0.39 is 12.1 Å². The fourth-order valence-electron chi connectivity index (χ4n) is 3.39. The van der Waals surface area contributed by atoms with E-state index in [1.165, 1.54) is 18.1 Å². The number of ketones is 1. The molecule has 0 spiro atoms. The van der Waals surface area contributed by atoms with Crippen LogP contribution in [0.3, 0.4) is 0 Å². The van der Waals surface area contributed by atoms with Gasteiger partial charge in [0, 0.05) is 12.3 Å². The number of rotatable bonds is 7. The second kappa shape index (κ2) is 8.15. The van der Waals surface area contributed by atoms with Gasteiger partial charge in [-0.2, -0.15) is 0 Å². The summed E-state index contributed by atoms with van der Waals surface area (Å²) in [6, 6.07) is 15.8. The molecule has 1 atom stereocenters. The van der Waals surface area contributed by atoms with Gasteiger partial charge in [-0.3, -0.25) is 0 Å². The van der Waals surface area contributed by atoms with Crippen LogP contribution in [0.2, 0.25) is 0 Å². The van der Waals surface area contributed by atoms with E-state index in [1.54, 1.807) is 0 Å². The van der Waals surface area contributed by atoms with Crippen LogP contribution in [0.15, 0.2) is 48.5 Å². The molecule has 5 nitrogen and oxygen atoms in total. The first-order valence-corrected chi connectivity index (χ1v) is 8.82. The van der Waals surface area contributed by atoms with Crippen molar-refractivity contribution in [3.8, 4) is 11.1 Å². The highest BCUT2D eigenvalue weighted by molar-refractivity contribution is 5.79. The second-order valence-corrected chi connectivity index (χ2v) is 6.59. The molecule has 0 radical (unpaired) electrons. The summed E-state index contributed by atoms with van der Waals surface area (Å²) in [7, 11) is 0. The van der Waals surface area contributed by atoms with E-state index in [-0.39, 0.29) is 24.9 Å². The topological polar surface area (TPSA) is 75.6 Å². The molecule has 0 aromatic heterocycles. The smallest absolute Gasteiger partial charge is 0.407 e. The number of carbonyl (C=O) groups is 2. The van der Waals surface area contributed by atoms with Crippen molar-refractivity contribution in [3.63, 3.8) is 0 Å². The molecule has 2 aromatic carbocycles. The van der Waals surface area contributed by atoms with Gasteiger partial charge in [-0.05, 0) is 35.6 Å². The van der Waals surface area contributed by atoms with E-state index in [0.29, 0.717) is 12.8 Å². The maximum absolute atomic E-state index is 12.1. The number of fused-ring (bicyclic) bond motifs is 3. The molecule has 2 N–H and O–H groups in total. The third-order valence-electron chi connectivity index (χ3n) is 4.73. The number of hydrogen-bond donors (Lipinski definition) is 2. The van der Waals surface area contributed by atoms with E-state index in [0.717, 1.165) is 11.1 Å². The number of ether oxygens (including phenoxy) is 1. The molecule has 0 saturated heterocycles. The van der Waals surface area contributed by atoms with Gasteiger partial charge in [0.25, 0.3) is 0 Å². The zero-order valence-electron chi connectivity index (χ0n) is 14.8. The highest BCUT2D eigenvalue weighted by Gasteiger charge is 2.29. The van der Waals surface area contributed by atoms with Gasteiger partial charge in [-0.15, -0.1) is 0 Å². The Balaban J connectivity index is 1.64. The molecule has 0 fully saturated rings. The second-order valence-electron chi connectivity index (χ2n) is 6.59. The van der Waals surface area contributed by atoms with Gasteiger partial charge in [-0.1, -0.05) is 48.5 Å². The molecule has 0 saturated carbocycles. The Hall–Kier alpha value is -2.66. The lowest BCUT2D eigenvalue weighted by Gasteiger charge is -2.18. The largest absolute Gasteiger partial charge is 0.449 e. The summed E-state index contributed by atoms with van der Waals surface area (Å²) in [5.41, 5.74) is 4.65. The van der Waals surface area contributed by atoms with Gasteiger partial charge in [-0.25, -0.2) is 4.79 Å². The first kappa shape index (κ1) is 18.1. The lowest BCUT2D eigenvalue weighted by Crippen LogP contribution is -2.38. The first-order chi connectivity index (χ1) is 12.6. The van der Waals surface area contributed by atoms with Crippen LogP contribution < -0.4 is 5.32 Å². The monoisotopic (exact) mass is 353 g/mol. The average molecular weight is 353 g/mol. The first-order valence-electron chi connectivity index (χ1n) is 8.82. The highest BCUT2D eigenvalue weighted by Crippen LogP contribution is 2.44. The van der Waals surface area contributed by atoms with E-state index in [2.05, 4.69) is 29.6 Å². The van der Waals surface area contributed by atoms with Crippen molar-refractivity contribution in [1.82, 2.24) is 5.32 Å². The molecule has 0 aliphatic heterocycles. The van der Waals surface area contributed by atoms with Crippen LogP contribution >= 0.6 is 0 Å². The molecule has 26 heavy (non-hydrogen) atoms. The average Bonchev–Trinajstić information content (AvgIpc) is 2.97. The number of aliphatic hydroxyl groups is 1. The SMILES string of the molecule is CC(=O)CC[C@H](CO)NC(=O)OCC1c2ccccc2-c2ccccc21. The maximum atomic E-state index is 12.1. The zero-order valence-corrected chi connectivity index (χ0v) is 14.8. The van der Waals surface area contributed by atoms with Gasteiger partial charge in [0.1, 0.15) is 12.4 Å². The fourth-order valence-corrected chi connectivity index (χ4v) is 3.39. The van der Waals surface area contributed by atoms with E-state index in [1.807, 2.05) is 24.3 Å². The minimum atomic E-state index is -0.575. The zero-order chi connectivity index (χ0) is 18.5. The lowest BCUT2D eigenvalue weighted by atomic mass is 9.98. The standard InChI is InChI=1S/C21H23NO4/c1-14(24)10-11-15(12-23)22-21(25)26-13-20-18-8-4-2-6-16(18)17-7-3-5-9-19(17)20/h2-9,15,20,23H,10-13H2,1H3,(H,22,25)/t15-/m1/s1. The van der Waals surface area contributed by atoms with Crippen LogP contribution in [0.1, 0.15) is 36.8 Å². The predicted octanol–water partition coefficient (Wildman–Crippen LogP) is 3.26. The van der Waals surface area contributed by atoms with Crippen molar-refractivity contribution in [2.45, 2.75) is 31.7 Å². The maximum Gasteiger partial charge on any atom is 0.407 e. The number of carbonyl (C=O) groups excluding carboxylic acids is 2. The van der Waals surface area contributed by atoms with E-state index >= 15 is 0 Å². The Labute approximate surface area is 153 Å². The summed E-state index contributed by atoms with van der Waals surface area (Å²) in [6.07, 6.45) is 0.139. The quantitative estimate of drug-likeness (QED) is 0.801. The van der Waals surface area contributed by atoms with Gasteiger partial charge in [0.2, 0.25) is 0 Å². The molecule has 1 aliphatic rings. The summed E-state index contributed by atoms with van der Waals surface area (Å²) < 4.78 is 5.43. The molecular formula is C21H23NO4. The molecule has 1 amide bonds. The normalized spacial score (nSPS) is 13.6. The molecule has 2 aromatic rings. The summed E-state index contributed by atoms with van der Waals surface area (Å²) in [6.45, 7) is 1.49. The van der Waals surface area contributed by atoms with Crippen molar-refractivity contribution in [1.29, 1.82) is 0 Å². The highest BCUT2D eigenvalue weighted by atomic mass is 16.5. The Morgan fingerprint density at radius 3 is 2.19 bits per heavy atom. The summed E-state index contributed by atoms with van der Waals surface area (Å²) in [5, 5.41) is 12.0. The van der Waals surface area contributed by atoms with Crippen molar-refractivity contribution in [2.75, 3.05) is 13.2 Å². The van der Waals surface area contributed by atoms with Crippen molar-refractivity contribution < 1.29 is 19.4 Å². The summed E-state index contributed by atoms with van der Waals surface area (Å²) in [5.74, 6) is 0.0238. The number of nitrogens with one attached hydrogen (secondary N) is 1. The number of hydrogen-bond acceptors (Lipinski definition) is 4. The van der Waals surface area contributed by atoms with Crippen LogP contribution in [-0.2, 0) is 9.53 Å². The Morgan fingerprint density at radius 2 is 1.65 bits per heavy atom. The molecule has 0 unspecified atom stereocenters. The Bertz CT molecular complexity index is 757. The Kier molecular flexibility index (Phi) is 5.68. The molecule has 5 heteroatoms. The molecule has 3 rings (SSSR count). The van der Waals surface area contributed by atoms with Gasteiger partial charge < -0.3 is 20.0 Å². The lowest BCUT2D eigenvalue weighted by molar-refractivity contribution is -0.117. The number of benzene rings is 2. The third kappa shape index (κ3) is 3.94. The number of amides is 1. The van der Waals surface area contributed by atoms with Crippen LogP contribution in [0, 0.1) is 0 Å². The summed E-state index contributed by atoms with van der Waals surface area (Å²) >= 11 is 0. The summed E-state index contributed by atoms with van der Waals surface area (Å²) in [4.78, 5) is 23.2. The molecule has 136 valence electrons. The minimum absolute atomic E-state index is 0.00190. The van der Waals surface area contributed by atoms with Crippen LogP contribution in [0.25, 0.3) is 11.1 Å². The van der Waals surface area contributed by atoms with Crippen LogP contribution in [-0.4, -0.2) is 36.2 Å². The Morgan fingerprint density at radius 1 is 1.08 bits per heavy atom. The number of alkyl carbamates (subject to hydrolysis) is 1.